The van der Waals surface area contributed by atoms with E-state index in [2.05, 4.69) is 12.2 Å². The molecule has 0 aliphatic rings. The van der Waals surface area contributed by atoms with Crippen molar-refractivity contribution >= 4 is 5.91 Å². The Labute approximate surface area is 115 Å². The maximum absolute atomic E-state index is 11.7. The Hall–Kier alpha value is -1.55. The number of hydrogen-bond acceptors (Lipinski definition) is 3. The number of amides is 1. The van der Waals surface area contributed by atoms with E-state index in [1.165, 1.54) is 5.56 Å². The first-order chi connectivity index (χ1) is 9.13. The van der Waals surface area contributed by atoms with Crippen molar-refractivity contribution in [3.05, 3.63) is 29.8 Å². The minimum absolute atomic E-state index is 0.0981. The summed E-state index contributed by atoms with van der Waals surface area (Å²) in [6, 6.07) is 7.91. The van der Waals surface area contributed by atoms with Gasteiger partial charge in [0.15, 0.2) is 0 Å². The second-order valence-electron chi connectivity index (χ2n) is 4.65. The summed E-state index contributed by atoms with van der Waals surface area (Å²) in [4.78, 5) is 13.4. The average Bonchev–Trinajstić information content (AvgIpc) is 2.41. The van der Waals surface area contributed by atoms with Gasteiger partial charge in [-0.3, -0.25) is 4.79 Å². The minimum atomic E-state index is 0.0981. The largest absolute Gasteiger partial charge is 0.492 e. The molecule has 0 unspecified atom stereocenters. The van der Waals surface area contributed by atoms with E-state index in [9.17, 15) is 4.79 Å². The molecule has 0 saturated heterocycles. The Kier molecular flexibility index (Phi) is 6.97. The van der Waals surface area contributed by atoms with Crippen LogP contribution in [0.4, 0.5) is 0 Å². The fourth-order valence-corrected chi connectivity index (χ4v) is 1.57. The summed E-state index contributed by atoms with van der Waals surface area (Å²) in [5.74, 6) is 0.941. The zero-order chi connectivity index (χ0) is 14.1. The summed E-state index contributed by atoms with van der Waals surface area (Å²) in [7, 11) is 1.80. The van der Waals surface area contributed by atoms with Crippen LogP contribution in [-0.2, 0) is 4.79 Å². The zero-order valence-electron chi connectivity index (χ0n) is 12.1. The molecule has 0 aliphatic heterocycles. The molecule has 0 bridgehead atoms. The van der Waals surface area contributed by atoms with E-state index in [-0.39, 0.29) is 5.91 Å². The van der Waals surface area contributed by atoms with E-state index in [1.807, 2.05) is 31.2 Å². The van der Waals surface area contributed by atoms with Crippen molar-refractivity contribution < 1.29 is 9.53 Å². The monoisotopic (exact) mass is 264 g/mol. The van der Waals surface area contributed by atoms with Gasteiger partial charge in [-0.05, 0) is 32.0 Å². The van der Waals surface area contributed by atoms with Crippen LogP contribution in [0.2, 0.25) is 0 Å². The highest BCUT2D eigenvalue weighted by Crippen LogP contribution is 2.10. The molecule has 0 saturated carbocycles. The predicted molar refractivity (Wildman–Crippen MR) is 77.5 cm³/mol. The quantitative estimate of drug-likeness (QED) is 0.728. The highest BCUT2D eigenvalue weighted by atomic mass is 16.5. The number of likely N-dealkylation sites (N-methyl/N-ethyl adjacent to an activating group) is 1. The number of aryl methyl sites for hydroxylation is 1. The van der Waals surface area contributed by atoms with Crippen LogP contribution in [0.3, 0.4) is 0 Å². The maximum atomic E-state index is 11.7. The van der Waals surface area contributed by atoms with Gasteiger partial charge in [-0.2, -0.15) is 0 Å². The molecule has 1 aromatic carbocycles. The SMILES string of the molecule is CCCNCC(=O)N(C)CCOc1ccc(C)cc1. The number of hydrogen-bond donors (Lipinski definition) is 1. The van der Waals surface area contributed by atoms with Crippen LogP contribution in [0.25, 0.3) is 0 Å². The Morgan fingerprint density at radius 1 is 1.32 bits per heavy atom. The molecule has 19 heavy (non-hydrogen) atoms. The molecular weight excluding hydrogens is 240 g/mol. The average molecular weight is 264 g/mol. The number of rotatable bonds is 8. The Balaban J connectivity index is 2.20. The molecule has 4 nitrogen and oxygen atoms in total. The van der Waals surface area contributed by atoms with Gasteiger partial charge in [-0.25, -0.2) is 0 Å². The van der Waals surface area contributed by atoms with Gasteiger partial charge < -0.3 is 15.0 Å². The molecule has 4 heteroatoms. The number of carbonyl (C=O) groups excluding carboxylic acids is 1. The lowest BCUT2D eigenvalue weighted by molar-refractivity contribution is -0.129. The van der Waals surface area contributed by atoms with Crippen LogP contribution < -0.4 is 10.1 Å². The van der Waals surface area contributed by atoms with Gasteiger partial charge >= 0.3 is 0 Å². The summed E-state index contributed by atoms with van der Waals surface area (Å²) in [5, 5.41) is 3.10. The zero-order valence-corrected chi connectivity index (χ0v) is 12.1. The van der Waals surface area contributed by atoms with Crippen LogP contribution >= 0.6 is 0 Å². The standard InChI is InChI=1S/C15H24N2O2/c1-4-9-16-12-15(18)17(3)10-11-19-14-7-5-13(2)6-8-14/h5-8,16H,4,9-12H2,1-3H3. The first-order valence-electron chi connectivity index (χ1n) is 6.77. The van der Waals surface area contributed by atoms with Crippen LogP contribution in [0.5, 0.6) is 5.75 Å². The second kappa shape index (κ2) is 8.53. The topological polar surface area (TPSA) is 41.6 Å². The summed E-state index contributed by atoms with van der Waals surface area (Å²) >= 11 is 0. The van der Waals surface area contributed by atoms with E-state index < -0.39 is 0 Å². The summed E-state index contributed by atoms with van der Waals surface area (Å²) < 4.78 is 5.59. The van der Waals surface area contributed by atoms with Gasteiger partial charge in [0, 0.05) is 7.05 Å². The third-order valence-corrected chi connectivity index (χ3v) is 2.85. The van der Waals surface area contributed by atoms with Gasteiger partial charge in [0.1, 0.15) is 12.4 Å². The minimum Gasteiger partial charge on any atom is -0.492 e. The highest BCUT2D eigenvalue weighted by molar-refractivity contribution is 5.77. The van der Waals surface area contributed by atoms with E-state index in [1.54, 1.807) is 11.9 Å². The lowest BCUT2D eigenvalue weighted by Gasteiger charge is -2.17. The van der Waals surface area contributed by atoms with Crippen LogP contribution in [0, 0.1) is 6.92 Å². The number of benzene rings is 1. The summed E-state index contributed by atoms with van der Waals surface area (Å²) in [6.07, 6.45) is 1.04. The number of carbonyl (C=O) groups is 1. The molecule has 1 N–H and O–H groups in total. The Bertz CT molecular complexity index is 376. The van der Waals surface area contributed by atoms with E-state index in [4.69, 9.17) is 4.74 Å². The van der Waals surface area contributed by atoms with Crippen molar-refractivity contribution in [3.8, 4) is 5.75 Å². The van der Waals surface area contributed by atoms with Crippen LogP contribution in [0.15, 0.2) is 24.3 Å². The molecule has 0 spiro atoms. The third kappa shape index (κ3) is 6.25. The first-order valence-corrected chi connectivity index (χ1v) is 6.77. The summed E-state index contributed by atoms with van der Waals surface area (Å²) in [5.41, 5.74) is 1.21. The number of nitrogens with one attached hydrogen (secondary N) is 1. The molecule has 1 amide bonds. The van der Waals surface area contributed by atoms with Crippen LogP contribution in [-0.4, -0.2) is 44.1 Å². The van der Waals surface area contributed by atoms with Gasteiger partial charge in [0.05, 0.1) is 13.1 Å². The maximum Gasteiger partial charge on any atom is 0.236 e. The molecule has 0 aromatic heterocycles. The highest BCUT2D eigenvalue weighted by Gasteiger charge is 2.07. The fraction of sp³-hybridized carbons (Fsp3) is 0.533. The van der Waals surface area contributed by atoms with Crippen molar-refractivity contribution in [1.29, 1.82) is 0 Å². The van der Waals surface area contributed by atoms with Gasteiger partial charge in [-0.1, -0.05) is 24.6 Å². The predicted octanol–water partition coefficient (Wildman–Crippen LogP) is 1.83. The number of nitrogens with zero attached hydrogens (tertiary/aromatic N) is 1. The van der Waals surface area contributed by atoms with Crippen molar-refractivity contribution in [2.45, 2.75) is 20.3 Å². The van der Waals surface area contributed by atoms with Gasteiger partial charge in [0.2, 0.25) is 5.91 Å². The van der Waals surface area contributed by atoms with Crippen molar-refractivity contribution in [2.24, 2.45) is 0 Å². The molecule has 106 valence electrons. The number of ether oxygens (including phenoxy) is 1. The van der Waals surface area contributed by atoms with Crippen molar-refractivity contribution in [1.82, 2.24) is 10.2 Å². The molecule has 0 fully saturated rings. The van der Waals surface area contributed by atoms with Gasteiger partial charge in [-0.15, -0.1) is 0 Å². The Morgan fingerprint density at radius 3 is 2.63 bits per heavy atom. The lowest BCUT2D eigenvalue weighted by Crippen LogP contribution is -2.37. The molecule has 0 aliphatic carbocycles. The van der Waals surface area contributed by atoms with E-state index >= 15 is 0 Å². The molecule has 1 rings (SSSR count). The second-order valence-corrected chi connectivity index (χ2v) is 4.65. The third-order valence-electron chi connectivity index (χ3n) is 2.85. The van der Waals surface area contributed by atoms with E-state index in [0.717, 1.165) is 18.7 Å². The Morgan fingerprint density at radius 2 is 2.00 bits per heavy atom. The smallest absolute Gasteiger partial charge is 0.236 e. The normalized spacial score (nSPS) is 10.3. The lowest BCUT2D eigenvalue weighted by atomic mass is 10.2. The van der Waals surface area contributed by atoms with E-state index in [0.29, 0.717) is 19.7 Å². The first kappa shape index (κ1) is 15.5. The van der Waals surface area contributed by atoms with Gasteiger partial charge in [0.25, 0.3) is 0 Å². The molecule has 0 atom stereocenters. The van der Waals surface area contributed by atoms with Crippen LogP contribution in [0.1, 0.15) is 18.9 Å². The fourth-order valence-electron chi connectivity index (χ4n) is 1.57. The molecular formula is C15H24N2O2. The van der Waals surface area contributed by atoms with Crippen molar-refractivity contribution in [3.63, 3.8) is 0 Å². The summed E-state index contributed by atoms with van der Waals surface area (Å²) in [6.45, 7) is 6.50. The molecule has 0 radical (unpaired) electrons. The van der Waals surface area contributed by atoms with Crippen molar-refractivity contribution in [2.75, 3.05) is 33.3 Å². The molecule has 0 heterocycles. The molecule has 1 aromatic rings.